The molecule has 0 saturated heterocycles. The minimum absolute atomic E-state index is 0.428. The van der Waals surface area contributed by atoms with Crippen molar-refractivity contribution in [3.63, 3.8) is 0 Å². The van der Waals surface area contributed by atoms with Crippen LogP contribution in [0.25, 0.3) is 10.2 Å². The van der Waals surface area contributed by atoms with E-state index < -0.39 is 5.91 Å². The van der Waals surface area contributed by atoms with Gasteiger partial charge in [0.1, 0.15) is 6.33 Å². The van der Waals surface area contributed by atoms with Crippen molar-refractivity contribution in [1.82, 2.24) is 9.97 Å². The smallest absolute Gasteiger partial charge is 0.252 e. The van der Waals surface area contributed by atoms with Crippen LogP contribution in [0.4, 0.5) is 0 Å². The number of fused-ring (bicyclic) bond motifs is 1. The Morgan fingerprint density at radius 1 is 1.62 bits per heavy atom. The Bertz CT molecular complexity index is 477. The van der Waals surface area contributed by atoms with Crippen molar-refractivity contribution in [2.24, 2.45) is 5.73 Å². The van der Waals surface area contributed by atoms with Crippen molar-refractivity contribution >= 4 is 27.5 Å². The number of aryl methyl sites for hydroxylation is 1. The number of amides is 1. The van der Waals surface area contributed by atoms with E-state index in [9.17, 15) is 4.79 Å². The van der Waals surface area contributed by atoms with Crippen molar-refractivity contribution in [3.05, 3.63) is 23.0 Å². The zero-order chi connectivity index (χ0) is 9.42. The molecule has 2 aromatic heterocycles. The highest BCUT2D eigenvalue weighted by atomic mass is 32.1. The zero-order valence-corrected chi connectivity index (χ0v) is 7.76. The summed E-state index contributed by atoms with van der Waals surface area (Å²) in [5.74, 6) is -0.428. The van der Waals surface area contributed by atoms with Crippen LogP contribution in [0.15, 0.2) is 12.5 Å². The fraction of sp³-hybridized carbons (Fsp3) is 0.125. The van der Waals surface area contributed by atoms with Crippen LogP contribution >= 0.6 is 11.3 Å². The molecule has 0 bridgehead atoms. The molecule has 2 aromatic rings. The predicted molar refractivity (Wildman–Crippen MR) is 50.7 cm³/mol. The lowest BCUT2D eigenvalue weighted by molar-refractivity contribution is 0.100. The average Bonchev–Trinajstić information content (AvgIpc) is 2.39. The van der Waals surface area contributed by atoms with Gasteiger partial charge in [-0.1, -0.05) is 0 Å². The number of nitrogens with zero attached hydrogens (tertiary/aromatic N) is 2. The molecular weight excluding hydrogens is 186 g/mol. The highest BCUT2D eigenvalue weighted by molar-refractivity contribution is 7.19. The second-order valence-electron chi connectivity index (χ2n) is 2.63. The van der Waals surface area contributed by atoms with E-state index in [-0.39, 0.29) is 0 Å². The van der Waals surface area contributed by atoms with Gasteiger partial charge in [-0.2, -0.15) is 0 Å². The maximum atomic E-state index is 11.1. The van der Waals surface area contributed by atoms with Crippen LogP contribution in [-0.4, -0.2) is 15.9 Å². The van der Waals surface area contributed by atoms with Crippen molar-refractivity contribution < 1.29 is 4.79 Å². The molecule has 4 nitrogen and oxygen atoms in total. The molecule has 0 unspecified atom stereocenters. The molecule has 0 aliphatic heterocycles. The van der Waals surface area contributed by atoms with Crippen molar-refractivity contribution in [2.75, 3.05) is 0 Å². The molecule has 66 valence electrons. The molecule has 0 fully saturated rings. The number of thiophene rings is 1. The maximum absolute atomic E-state index is 11.1. The Morgan fingerprint density at radius 3 is 3.08 bits per heavy atom. The SMILES string of the molecule is Cc1sc2cncnc2c1C(N)=O. The average molecular weight is 193 g/mol. The number of hydrogen-bond acceptors (Lipinski definition) is 4. The van der Waals surface area contributed by atoms with Crippen LogP contribution < -0.4 is 5.73 Å². The van der Waals surface area contributed by atoms with Crippen molar-refractivity contribution in [3.8, 4) is 0 Å². The molecule has 0 spiro atoms. The third kappa shape index (κ3) is 1.17. The standard InChI is InChI=1S/C8H7N3OS/c1-4-6(8(9)12)7-5(13-4)2-10-3-11-7/h2-3H,1H3,(H2,9,12). The van der Waals surface area contributed by atoms with Gasteiger partial charge in [-0.3, -0.25) is 4.79 Å². The van der Waals surface area contributed by atoms with Gasteiger partial charge in [-0.25, -0.2) is 9.97 Å². The van der Waals surface area contributed by atoms with E-state index in [1.54, 1.807) is 6.20 Å². The van der Waals surface area contributed by atoms with Gasteiger partial charge in [0.25, 0.3) is 5.91 Å². The van der Waals surface area contributed by atoms with Crippen LogP contribution in [-0.2, 0) is 0 Å². The summed E-state index contributed by atoms with van der Waals surface area (Å²) in [5.41, 5.74) is 6.41. The van der Waals surface area contributed by atoms with Crippen LogP contribution in [0.2, 0.25) is 0 Å². The molecular formula is C8H7N3OS. The number of rotatable bonds is 1. The van der Waals surface area contributed by atoms with E-state index in [0.29, 0.717) is 11.1 Å². The molecule has 2 N–H and O–H groups in total. The normalized spacial score (nSPS) is 10.5. The maximum Gasteiger partial charge on any atom is 0.252 e. The number of primary amides is 1. The summed E-state index contributed by atoms with van der Waals surface area (Å²) in [6, 6.07) is 0. The van der Waals surface area contributed by atoms with Gasteiger partial charge in [-0.05, 0) is 6.92 Å². The lowest BCUT2D eigenvalue weighted by atomic mass is 10.2. The fourth-order valence-corrected chi connectivity index (χ4v) is 2.25. The lowest BCUT2D eigenvalue weighted by Crippen LogP contribution is -2.11. The summed E-state index contributed by atoms with van der Waals surface area (Å²) in [5, 5.41) is 0. The Kier molecular flexibility index (Phi) is 1.73. The van der Waals surface area contributed by atoms with Gasteiger partial charge in [0.2, 0.25) is 0 Å². The number of nitrogens with two attached hydrogens (primary N) is 1. The first kappa shape index (κ1) is 8.12. The fourth-order valence-electron chi connectivity index (χ4n) is 1.25. The minimum atomic E-state index is -0.428. The van der Waals surface area contributed by atoms with Crippen LogP contribution in [0, 0.1) is 6.92 Å². The third-order valence-corrected chi connectivity index (χ3v) is 2.81. The van der Waals surface area contributed by atoms with Crippen molar-refractivity contribution in [2.45, 2.75) is 6.92 Å². The molecule has 0 aliphatic rings. The van der Waals surface area contributed by atoms with E-state index in [2.05, 4.69) is 9.97 Å². The molecule has 2 rings (SSSR count). The first-order valence-corrected chi connectivity index (χ1v) is 4.50. The lowest BCUT2D eigenvalue weighted by Gasteiger charge is -1.92. The molecule has 5 heteroatoms. The highest BCUT2D eigenvalue weighted by Gasteiger charge is 2.14. The van der Waals surface area contributed by atoms with Crippen molar-refractivity contribution in [1.29, 1.82) is 0 Å². The number of carbonyl (C=O) groups excluding carboxylic acids is 1. The topological polar surface area (TPSA) is 68.9 Å². The Balaban J connectivity index is 2.86. The summed E-state index contributed by atoms with van der Waals surface area (Å²) in [6.45, 7) is 1.85. The molecule has 2 heterocycles. The predicted octanol–water partition coefficient (Wildman–Crippen LogP) is 1.10. The monoisotopic (exact) mass is 193 g/mol. The summed E-state index contributed by atoms with van der Waals surface area (Å²) in [7, 11) is 0. The summed E-state index contributed by atoms with van der Waals surface area (Å²) < 4.78 is 0.897. The van der Waals surface area contributed by atoms with E-state index in [0.717, 1.165) is 9.58 Å². The number of aromatic nitrogens is 2. The number of carbonyl (C=O) groups is 1. The first-order chi connectivity index (χ1) is 6.20. The van der Waals surface area contributed by atoms with Gasteiger partial charge >= 0.3 is 0 Å². The molecule has 0 saturated carbocycles. The largest absolute Gasteiger partial charge is 0.365 e. The Labute approximate surface area is 78.4 Å². The molecule has 13 heavy (non-hydrogen) atoms. The van der Waals surface area contributed by atoms with E-state index in [1.165, 1.54) is 17.7 Å². The third-order valence-electron chi connectivity index (χ3n) is 1.78. The van der Waals surface area contributed by atoms with Gasteiger partial charge in [-0.15, -0.1) is 11.3 Å². The van der Waals surface area contributed by atoms with E-state index >= 15 is 0 Å². The summed E-state index contributed by atoms with van der Waals surface area (Å²) >= 11 is 1.48. The van der Waals surface area contributed by atoms with Crippen LogP contribution in [0.1, 0.15) is 15.2 Å². The molecule has 0 aliphatic carbocycles. The quantitative estimate of drug-likeness (QED) is 0.737. The van der Waals surface area contributed by atoms with E-state index in [1.807, 2.05) is 6.92 Å². The Hall–Kier alpha value is -1.49. The summed E-state index contributed by atoms with van der Waals surface area (Å²) in [4.78, 5) is 19.9. The molecule has 1 amide bonds. The Morgan fingerprint density at radius 2 is 2.38 bits per heavy atom. The molecule has 0 aromatic carbocycles. The van der Waals surface area contributed by atoms with Crippen LogP contribution in [0.3, 0.4) is 0 Å². The second-order valence-corrected chi connectivity index (χ2v) is 3.89. The number of hydrogen-bond donors (Lipinski definition) is 1. The van der Waals surface area contributed by atoms with Crippen LogP contribution in [0.5, 0.6) is 0 Å². The van der Waals surface area contributed by atoms with Gasteiger partial charge in [0.15, 0.2) is 0 Å². The van der Waals surface area contributed by atoms with Gasteiger partial charge < -0.3 is 5.73 Å². The van der Waals surface area contributed by atoms with E-state index in [4.69, 9.17) is 5.73 Å². The minimum Gasteiger partial charge on any atom is -0.365 e. The molecule has 0 radical (unpaired) electrons. The van der Waals surface area contributed by atoms with Gasteiger partial charge in [0, 0.05) is 11.1 Å². The van der Waals surface area contributed by atoms with Gasteiger partial charge in [0.05, 0.1) is 15.8 Å². The summed E-state index contributed by atoms with van der Waals surface area (Å²) in [6.07, 6.45) is 3.10. The zero-order valence-electron chi connectivity index (χ0n) is 6.94. The highest BCUT2D eigenvalue weighted by Crippen LogP contribution is 2.27. The first-order valence-electron chi connectivity index (χ1n) is 3.69. The molecule has 0 atom stereocenters. The second kappa shape index (κ2) is 2.77.